The number of nitrogens with zero attached hydrogens (tertiary/aromatic N) is 1. The van der Waals surface area contributed by atoms with Crippen molar-refractivity contribution in [2.24, 2.45) is 5.73 Å². The minimum atomic E-state index is -2.74. The molecule has 2 N–H and O–H groups in total. The lowest BCUT2D eigenvalue weighted by molar-refractivity contribution is 0.0999. The van der Waals surface area contributed by atoms with Gasteiger partial charge in [0.05, 0.1) is 11.1 Å². The molecule has 7 heteroatoms. The lowest BCUT2D eigenvalue weighted by Gasteiger charge is -2.05. The first-order chi connectivity index (χ1) is 6.43. The van der Waals surface area contributed by atoms with E-state index in [0.717, 1.165) is 6.07 Å². The van der Waals surface area contributed by atoms with E-state index in [9.17, 15) is 13.6 Å². The van der Waals surface area contributed by atoms with Crippen LogP contribution in [0.3, 0.4) is 0 Å². The molecule has 0 bridgehead atoms. The summed E-state index contributed by atoms with van der Waals surface area (Å²) < 4.78 is 24.6. The average molecular weight is 285 g/mol. The summed E-state index contributed by atoms with van der Waals surface area (Å²) in [7, 11) is 0. The van der Waals surface area contributed by atoms with E-state index in [4.69, 9.17) is 17.3 Å². The van der Waals surface area contributed by atoms with E-state index in [1.54, 1.807) is 0 Å². The van der Waals surface area contributed by atoms with Crippen LogP contribution in [0, 0.1) is 0 Å². The molecule has 14 heavy (non-hydrogen) atoms. The van der Waals surface area contributed by atoms with Gasteiger partial charge in [0.15, 0.2) is 0 Å². The molecule has 76 valence electrons. The molecule has 1 aromatic rings. The Morgan fingerprint density at radius 3 is 2.64 bits per heavy atom. The molecule has 0 aromatic carbocycles. The van der Waals surface area contributed by atoms with Crippen LogP contribution in [0.5, 0.6) is 0 Å². The quantitative estimate of drug-likeness (QED) is 0.849. The predicted molar refractivity (Wildman–Crippen MR) is 50.4 cm³/mol. The molecule has 1 rings (SSSR count). The van der Waals surface area contributed by atoms with Gasteiger partial charge in [-0.25, -0.2) is 13.8 Å². The zero-order valence-electron chi connectivity index (χ0n) is 6.60. The minimum Gasteiger partial charge on any atom is -0.366 e. The van der Waals surface area contributed by atoms with Gasteiger partial charge >= 0.3 is 0 Å². The van der Waals surface area contributed by atoms with E-state index in [1.807, 2.05) is 0 Å². The summed E-state index contributed by atoms with van der Waals surface area (Å²) in [6.45, 7) is 0. The molecule has 0 radical (unpaired) electrons. The fraction of sp³-hybridized carbons (Fsp3) is 0.143. The van der Waals surface area contributed by atoms with Crippen molar-refractivity contribution in [3.63, 3.8) is 0 Å². The molecule has 0 aliphatic rings. The van der Waals surface area contributed by atoms with Gasteiger partial charge in [-0.1, -0.05) is 11.6 Å². The van der Waals surface area contributed by atoms with Gasteiger partial charge in [-0.2, -0.15) is 0 Å². The number of aromatic nitrogens is 1. The van der Waals surface area contributed by atoms with Crippen LogP contribution in [0.2, 0.25) is 5.15 Å². The van der Waals surface area contributed by atoms with E-state index in [1.165, 1.54) is 0 Å². The van der Waals surface area contributed by atoms with Gasteiger partial charge in [-0.15, -0.1) is 0 Å². The van der Waals surface area contributed by atoms with E-state index >= 15 is 0 Å². The van der Waals surface area contributed by atoms with Crippen molar-refractivity contribution >= 4 is 33.4 Å². The normalized spacial score (nSPS) is 10.6. The maximum absolute atomic E-state index is 12.3. The number of pyridine rings is 1. The molecule has 0 saturated heterocycles. The first-order valence-electron chi connectivity index (χ1n) is 3.37. The Labute approximate surface area is 91.4 Å². The van der Waals surface area contributed by atoms with Gasteiger partial charge in [0.1, 0.15) is 9.76 Å². The van der Waals surface area contributed by atoms with Crippen molar-refractivity contribution in [1.82, 2.24) is 4.98 Å². The molecule has 0 aliphatic carbocycles. The second-order valence-corrected chi connectivity index (χ2v) is 3.48. The van der Waals surface area contributed by atoms with Crippen LogP contribution >= 0.6 is 27.5 Å². The highest BCUT2D eigenvalue weighted by Gasteiger charge is 2.18. The number of hydrogen-bond acceptors (Lipinski definition) is 2. The van der Waals surface area contributed by atoms with Crippen LogP contribution in [0.15, 0.2) is 10.7 Å². The summed E-state index contributed by atoms with van der Waals surface area (Å²) >= 11 is 8.32. The number of amides is 1. The summed E-state index contributed by atoms with van der Waals surface area (Å²) in [6.07, 6.45) is -2.74. The highest BCUT2D eigenvalue weighted by Crippen LogP contribution is 2.29. The van der Waals surface area contributed by atoms with Crippen molar-refractivity contribution in [3.05, 3.63) is 26.9 Å². The van der Waals surface area contributed by atoms with Crippen LogP contribution in [0.4, 0.5) is 8.78 Å². The van der Waals surface area contributed by atoms with Gasteiger partial charge < -0.3 is 5.73 Å². The first kappa shape index (κ1) is 11.3. The largest absolute Gasteiger partial charge is 0.366 e. The fourth-order valence-electron chi connectivity index (χ4n) is 0.811. The number of rotatable bonds is 2. The molecule has 0 saturated carbocycles. The van der Waals surface area contributed by atoms with E-state index < -0.39 is 17.9 Å². The Hall–Kier alpha value is -0.750. The second-order valence-electron chi connectivity index (χ2n) is 2.37. The Morgan fingerprint density at radius 2 is 2.21 bits per heavy atom. The summed E-state index contributed by atoms with van der Waals surface area (Å²) in [5, 5.41) is -0.200. The summed E-state index contributed by atoms with van der Waals surface area (Å²) in [6, 6.07) is 0.923. The zero-order valence-corrected chi connectivity index (χ0v) is 8.94. The number of hydrogen-bond donors (Lipinski definition) is 1. The second kappa shape index (κ2) is 4.18. The lowest BCUT2D eigenvalue weighted by Crippen LogP contribution is -2.13. The van der Waals surface area contributed by atoms with Crippen LogP contribution < -0.4 is 5.73 Å². The summed E-state index contributed by atoms with van der Waals surface area (Å²) in [5.74, 6) is -0.892. The van der Waals surface area contributed by atoms with Crippen molar-refractivity contribution in [3.8, 4) is 0 Å². The molecular weight excluding hydrogens is 281 g/mol. The predicted octanol–water partition coefficient (Wildman–Crippen LogP) is 2.53. The Kier molecular flexibility index (Phi) is 3.38. The monoisotopic (exact) mass is 284 g/mol. The van der Waals surface area contributed by atoms with Crippen molar-refractivity contribution in [2.45, 2.75) is 6.43 Å². The third kappa shape index (κ3) is 2.19. The van der Waals surface area contributed by atoms with Crippen LogP contribution in [-0.4, -0.2) is 10.9 Å². The molecule has 0 unspecified atom stereocenters. The molecule has 1 amide bonds. The highest BCUT2D eigenvalue weighted by molar-refractivity contribution is 9.10. The maximum atomic E-state index is 12.3. The molecular formula is C7H4BrClF2N2O. The highest BCUT2D eigenvalue weighted by atomic mass is 79.9. The van der Waals surface area contributed by atoms with E-state index in [0.29, 0.717) is 0 Å². The lowest BCUT2D eigenvalue weighted by atomic mass is 10.2. The number of nitrogens with two attached hydrogens (primary N) is 1. The van der Waals surface area contributed by atoms with Crippen LogP contribution in [0.1, 0.15) is 22.3 Å². The van der Waals surface area contributed by atoms with Gasteiger partial charge in [0, 0.05) is 0 Å². The third-order valence-corrected chi connectivity index (χ3v) is 2.38. The topological polar surface area (TPSA) is 56.0 Å². The zero-order chi connectivity index (χ0) is 10.9. The van der Waals surface area contributed by atoms with Gasteiger partial charge in [-0.05, 0) is 22.0 Å². The Balaban J connectivity index is 3.34. The molecule has 1 heterocycles. The number of carbonyl (C=O) groups excluding carboxylic acids is 1. The number of alkyl halides is 2. The molecule has 0 aliphatic heterocycles. The Bertz CT molecular complexity index is 386. The summed E-state index contributed by atoms with van der Waals surface area (Å²) in [5.41, 5.74) is 4.28. The minimum absolute atomic E-state index is 0.0949. The van der Waals surface area contributed by atoms with E-state index in [2.05, 4.69) is 20.9 Å². The van der Waals surface area contributed by atoms with Gasteiger partial charge in [0.25, 0.3) is 12.3 Å². The van der Waals surface area contributed by atoms with Crippen LogP contribution in [-0.2, 0) is 0 Å². The maximum Gasteiger partial charge on any atom is 0.266 e. The molecule has 0 spiro atoms. The molecule has 0 fully saturated rings. The molecule has 0 atom stereocenters. The third-order valence-electron chi connectivity index (χ3n) is 1.46. The Morgan fingerprint density at radius 1 is 1.64 bits per heavy atom. The van der Waals surface area contributed by atoms with Crippen LogP contribution in [0.25, 0.3) is 0 Å². The fourth-order valence-corrected chi connectivity index (χ4v) is 1.61. The standard InChI is InChI=1S/C7H4BrClF2N2O/c8-4-2(6(10)11)1-3(7(12)14)5(9)13-4/h1,6H,(H2,12,14). The SMILES string of the molecule is NC(=O)c1cc(C(F)F)c(Br)nc1Cl. The van der Waals surface area contributed by atoms with Crippen molar-refractivity contribution in [1.29, 1.82) is 0 Å². The number of primary amides is 1. The van der Waals surface area contributed by atoms with Gasteiger partial charge in [-0.3, -0.25) is 4.79 Å². The first-order valence-corrected chi connectivity index (χ1v) is 4.54. The number of halogens is 4. The van der Waals surface area contributed by atoms with Crippen molar-refractivity contribution in [2.75, 3.05) is 0 Å². The summed E-state index contributed by atoms with van der Waals surface area (Å²) in [4.78, 5) is 14.3. The molecule has 3 nitrogen and oxygen atoms in total. The van der Waals surface area contributed by atoms with Gasteiger partial charge in [0.2, 0.25) is 0 Å². The van der Waals surface area contributed by atoms with E-state index in [-0.39, 0.29) is 15.3 Å². The molecule has 1 aromatic heterocycles. The smallest absolute Gasteiger partial charge is 0.266 e. The number of carbonyl (C=O) groups is 1. The van der Waals surface area contributed by atoms with Crippen molar-refractivity contribution < 1.29 is 13.6 Å². The average Bonchev–Trinajstić information content (AvgIpc) is 2.02.